The lowest BCUT2D eigenvalue weighted by atomic mass is 10.2. The van der Waals surface area contributed by atoms with Crippen LogP contribution in [0.2, 0.25) is 15.1 Å². The van der Waals surface area contributed by atoms with Gasteiger partial charge in [-0.05, 0) is 47.1 Å². The monoisotopic (exact) mass is 513 g/mol. The molecule has 0 atom stereocenters. The van der Waals surface area contributed by atoms with Crippen LogP contribution in [0.1, 0.15) is 28.5 Å². The molecular formula is C21H22Cl3N5O4. The number of rotatable bonds is 11. The van der Waals surface area contributed by atoms with Gasteiger partial charge in [0.15, 0.2) is 11.5 Å². The number of hydrogen-bond acceptors (Lipinski definition) is 8. The van der Waals surface area contributed by atoms with E-state index in [0.717, 1.165) is 5.56 Å². The van der Waals surface area contributed by atoms with Gasteiger partial charge in [-0.15, -0.1) is 0 Å². The number of nitrogens with one attached hydrogen (secondary N) is 2. The maximum Gasteiger partial charge on any atom is 0.277 e. The Hall–Kier alpha value is -2.72. The first-order chi connectivity index (χ1) is 15.9. The lowest BCUT2D eigenvalue weighted by Gasteiger charge is -2.16. The summed E-state index contributed by atoms with van der Waals surface area (Å²) in [7, 11) is 0. The Kier molecular flexibility index (Phi) is 9.02. The topological polar surface area (TPSA) is 125 Å². The summed E-state index contributed by atoms with van der Waals surface area (Å²) in [5.74, 6) is 0.395. The highest BCUT2D eigenvalue weighted by Gasteiger charge is 2.16. The summed E-state index contributed by atoms with van der Waals surface area (Å²) in [4.78, 5) is 11.9. The summed E-state index contributed by atoms with van der Waals surface area (Å²) in [5, 5.41) is 14.1. The van der Waals surface area contributed by atoms with Gasteiger partial charge in [-0.25, -0.2) is 4.63 Å². The molecule has 9 nitrogen and oxygen atoms in total. The molecule has 0 aliphatic heterocycles. The van der Waals surface area contributed by atoms with Crippen molar-refractivity contribution in [2.75, 3.05) is 25.4 Å². The summed E-state index contributed by atoms with van der Waals surface area (Å²) < 4.78 is 16.0. The average Bonchev–Trinajstić information content (AvgIpc) is 3.20. The summed E-state index contributed by atoms with van der Waals surface area (Å²) in [5.41, 5.74) is 6.99. The molecular weight excluding hydrogens is 493 g/mol. The molecule has 0 radical (unpaired) electrons. The van der Waals surface area contributed by atoms with Crippen LogP contribution in [0.25, 0.3) is 0 Å². The number of halogens is 3. The van der Waals surface area contributed by atoms with Crippen molar-refractivity contribution in [1.29, 1.82) is 0 Å². The quantitative estimate of drug-likeness (QED) is 0.327. The Morgan fingerprint density at radius 3 is 2.52 bits per heavy atom. The van der Waals surface area contributed by atoms with Crippen molar-refractivity contribution in [1.82, 2.24) is 20.9 Å². The van der Waals surface area contributed by atoms with Crippen molar-refractivity contribution < 1.29 is 18.9 Å². The number of nitrogen functional groups attached to an aromatic ring is 1. The minimum Gasteiger partial charge on any atom is -0.490 e. The van der Waals surface area contributed by atoms with Gasteiger partial charge < -0.3 is 25.8 Å². The molecule has 33 heavy (non-hydrogen) atoms. The molecule has 1 heterocycles. The van der Waals surface area contributed by atoms with Crippen molar-refractivity contribution in [2.45, 2.75) is 20.1 Å². The molecule has 1 amide bonds. The van der Waals surface area contributed by atoms with Crippen LogP contribution in [0.3, 0.4) is 0 Å². The number of nitrogens with zero attached hydrogens (tertiary/aromatic N) is 2. The maximum absolute atomic E-state index is 11.9. The van der Waals surface area contributed by atoms with Crippen molar-refractivity contribution in [2.24, 2.45) is 0 Å². The highest BCUT2D eigenvalue weighted by atomic mass is 35.5. The van der Waals surface area contributed by atoms with Crippen LogP contribution < -0.4 is 25.8 Å². The number of hydrogen-bond donors (Lipinski definition) is 3. The SMILES string of the molecule is CCOc1cc(CNCCNC(=O)c2nonc2N)cc(Cl)c1OCc1c(Cl)cccc1Cl. The summed E-state index contributed by atoms with van der Waals surface area (Å²) in [6.45, 7) is 3.76. The molecule has 2 aromatic carbocycles. The van der Waals surface area contributed by atoms with Gasteiger partial charge >= 0.3 is 0 Å². The first-order valence-electron chi connectivity index (χ1n) is 9.98. The zero-order chi connectivity index (χ0) is 23.8. The molecule has 0 spiro atoms. The second-order valence-corrected chi connectivity index (χ2v) is 7.98. The van der Waals surface area contributed by atoms with E-state index in [-0.39, 0.29) is 18.1 Å². The molecule has 3 rings (SSSR count). The van der Waals surface area contributed by atoms with Gasteiger partial charge in [-0.2, -0.15) is 0 Å². The van der Waals surface area contributed by atoms with E-state index in [1.807, 2.05) is 13.0 Å². The van der Waals surface area contributed by atoms with Crippen LogP contribution in [0.5, 0.6) is 11.5 Å². The number of aromatic nitrogens is 2. The molecule has 0 bridgehead atoms. The van der Waals surface area contributed by atoms with Crippen molar-refractivity contribution in [3.05, 3.63) is 62.2 Å². The molecule has 3 aromatic rings. The lowest BCUT2D eigenvalue weighted by Crippen LogP contribution is -2.32. The standard InChI is InChI=1S/C21H22Cl3N5O4/c1-2-31-17-9-12(10-26-6-7-27-21(30)18-20(25)29-33-28-18)8-16(24)19(17)32-11-13-14(22)4-3-5-15(13)23/h3-5,8-9,26H,2,6-7,10-11H2,1H3,(H2,25,29)(H,27,30). The Balaban J connectivity index is 1.57. The second kappa shape index (κ2) is 11.9. The van der Waals surface area contributed by atoms with Gasteiger partial charge in [0, 0.05) is 35.2 Å². The minimum absolute atomic E-state index is 0.0446. The summed E-state index contributed by atoms with van der Waals surface area (Å²) in [6.07, 6.45) is 0. The van der Waals surface area contributed by atoms with E-state index >= 15 is 0 Å². The molecule has 4 N–H and O–H groups in total. The molecule has 0 aliphatic carbocycles. The van der Waals surface area contributed by atoms with E-state index in [9.17, 15) is 4.79 Å². The Bertz CT molecular complexity index is 1090. The van der Waals surface area contributed by atoms with Crippen molar-refractivity contribution in [3.8, 4) is 11.5 Å². The fourth-order valence-electron chi connectivity index (χ4n) is 2.87. The van der Waals surface area contributed by atoms with Gasteiger partial charge in [-0.3, -0.25) is 4.79 Å². The number of carbonyl (C=O) groups excluding carboxylic acids is 1. The number of anilines is 1. The highest BCUT2D eigenvalue weighted by molar-refractivity contribution is 6.36. The van der Waals surface area contributed by atoms with Crippen molar-refractivity contribution in [3.63, 3.8) is 0 Å². The zero-order valence-corrected chi connectivity index (χ0v) is 19.9. The van der Waals surface area contributed by atoms with Gasteiger partial charge in [0.1, 0.15) is 6.61 Å². The molecule has 176 valence electrons. The second-order valence-electron chi connectivity index (χ2n) is 6.76. The number of carbonyl (C=O) groups is 1. The fourth-order valence-corrected chi connectivity index (χ4v) is 3.67. The van der Waals surface area contributed by atoms with Gasteiger partial charge in [0.2, 0.25) is 11.5 Å². The minimum atomic E-state index is -0.461. The van der Waals surface area contributed by atoms with Crippen LogP contribution in [-0.2, 0) is 13.2 Å². The number of amides is 1. The van der Waals surface area contributed by atoms with E-state index in [1.54, 1.807) is 24.3 Å². The van der Waals surface area contributed by atoms with Gasteiger partial charge in [0.25, 0.3) is 5.91 Å². The Morgan fingerprint density at radius 1 is 1.09 bits per heavy atom. The van der Waals surface area contributed by atoms with E-state index in [1.165, 1.54) is 0 Å². The fraction of sp³-hybridized carbons (Fsp3) is 0.286. The third kappa shape index (κ3) is 6.64. The lowest BCUT2D eigenvalue weighted by molar-refractivity contribution is 0.0944. The largest absolute Gasteiger partial charge is 0.490 e. The summed E-state index contributed by atoms with van der Waals surface area (Å²) >= 11 is 18.9. The zero-order valence-electron chi connectivity index (χ0n) is 17.7. The molecule has 0 fully saturated rings. The summed E-state index contributed by atoms with van der Waals surface area (Å²) in [6, 6.07) is 8.87. The molecule has 1 aromatic heterocycles. The number of ether oxygens (including phenoxy) is 2. The van der Waals surface area contributed by atoms with Crippen LogP contribution in [0.4, 0.5) is 5.82 Å². The van der Waals surface area contributed by atoms with E-state index in [2.05, 4.69) is 25.6 Å². The molecule has 0 saturated heterocycles. The van der Waals surface area contributed by atoms with Crippen LogP contribution in [-0.4, -0.2) is 35.9 Å². The van der Waals surface area contributed by atoms with Crippen LogP contribution in [0, 0.1) is 0 Å². The third-order valence-electron chi connectivity index (χ3n) is 4.44. The predicted molar refractivity (Wildman–Crippen MR) is 126 cm³/mol. The van der Waals surface area contributed by atoms with E-state index in [4.69, 9.17) is 50.0 Å². The maximum atomic E-state index is 11.9. The highest BCUT2D eigenvalue weighted by Crippen LogP contribution is 2.38. The Labute approximate surface area is 205 Å². The molecule has 0 aliphatic rings. The first-order valence-corrected chi connectivity index (χ1v) is 11.1. The third-order valence-corrected chi connectivity index (χ3v) is 5.43. The molecule has 0 saturated carbocycles. The molecule has 12 heteroatoms. The van der Waals surface area contributed by atoms with E-state index in [0.29, 0.717) is 58.4 Å². The Morgan fingerprint density at radius 2 is 1.85 bits per heavy atom. The van der Waals surface area contributed by atoms with Gasteiger partial charge in [-0.1, -0.05) is 40.9 Å². The molecule has 0 unspecified atom stereocenters. The van der Waals surface area contributed by atoms with Crippen LogP contribution in [0.15, 0.2) is 35.0 Å². The first kappa shape index (κ1) is 24.9. The van der Waals surface area contributed by atoms with Crippen LogP contribution >= 0.6 is 34.8 Å². The smallest absolute Gasteiger partial charge is 0.277 e. The average molecular weight is 515 g/mol. The van der Waals surface area contributed by atoms with Crippen molar-refractivity contribution >= 4 is 46.5 Å². The van der Waals surface area contributed by atoms with E-state index < -0.39 is 5.91 Å². The number of nitrogens with two attached hydrogens (primary N) is 1. The normalized spacial score (nSPS) is 10.8. The predicted octanol–water partition coefficient (Wildman–Crippen LogP) is 4.11. The van der Waals surface area contributed by atoms with Gasteiger partial charge in [0.05, 0.1) is 11.6 Å². The number of benzene rings is 2.